The highest BCUT2D eigenvalue weighted by Gasteiger charge is 2.52. The minimum atomic E-state index is -3.46. The Morgan fingerprint density at radius 2 is 1.64 bits per heavy atom. The number of benzene rings is 2. The minimum Gasteiger partial charge on any atom is -0.459 e. The summed E-state index contributed by atoms with van der Waals surface area (Å²) in [5, 5.41) is 0. The van der Waals surface area contributed by atoms with Crippen LogP contribution in [0.4, 0.5) is 0 Å². The second kappa shape index (κ2) is 12.4. The maximum Gasteiger partial charge on any atom is 0.338 e. The third-order valence-corrected chi connectivity index (χ3v) is 10.2. The van der Waals surface area contributed by atoms with Gasteiger partial charge in [0.25, 0.3) is 5.91 Å². The monoisotopic (exact) mass is 622 g/mol. The second-order valence-corrected chi connectivity index (χ2v) is 17.3. The zero-order chi connectivity index (χ0) is 32.7. The van der Waals surface area contributed by atoms with Gasteiger partial charge in [0, 0.05) is 11.8 Å². The van der Waals surface area contributed by atoms with Gasteiger partial charge in [-0.25, -0.2) is 13.2 Å². The summed E-state index contributed by atoms with van der Waals surface area (Å²) >= 11 is 0. The van der Waals surface area contributed by atoms with Gasteiger partial charge in [0.15, 0.2) is 9.84 Å². The molecule has 1 saturated carbocycles. The van der Waals surface area contributed by atoms with Gasteiger partial charge >= 0.3 is 5.97 Å². The summed E-state index contributed by atoms with van der Waals surface area (Å²) in [6.07, 6.45) is 5.92. The molecule has 4 rings (SSSR count). The molecule has 0 aromatic heterocycles. The van der Waals surface area contributed by atoms with Crippen LogP contribution < -0.4 is 0 Å². The van der Waals surface area contributed by atoms with Gasteiger partial charge in [-0.3, -0.25) is 9.79 Å². The van der Waals surface area contributed by atoms with Crippen LogP contribution in [0.2, 0.25) is 0 Å². The molecular weight excluding hydrogens is 572 g/mol. The number of hydrogen-bond donors (Lipinski definition) is 0. The first-order chi connectivity index (χ1) is 20.3. The first-order valence-corrected chi connectivity index (χ1v) is 17.7. The van der Waals surface area contributed by atoms with Crippen molar-refractivity contribution in [3.05, 3.63) is 65.2 Å². The van der Waals surface area contributed by atoms with Crippen molar-refractivity contribution in [2.75, 3.05) is 6.26 Å². The van der Waals surface area contributed by atoms with Crippen LogP contribution in [0.1, 0.15) is 121 Å². The fourth-order valence-electron chi connectivity index (χ4n) is 6.54. The molecule has 8 heteroatoms. The van der Waals surface area contributed by atoms with E-state index in [1.165, 1.54) is 6.26 Å². The van der Waals surface area contributed by atoms with E-state index in [1.54, 1.807) is 36.4 Å². The lowest BCUT2D eigenvalue weighted by molar-refractivity contribution is -0.134. The smallest absolute Gasteiger partial charge is 0.338 e. The Labute approximate surface area is 264 Å². The molecule has 1 atom stereocenters. The summed E-state index contributed by atoms with van der Waals surface area (Å²) < 4.78 is 30.2. The lowest BCUT2D eigenvalue weighted by Gasteiger charge is -2.47. The highest BCUT2D eigenvalue weighted by molar-refractivity contribution is 7.90. The standard InChI is InChI=1S/C36H50N2O5S/c1-24(2)43-33(40)26-15-13-25(14-16-26)30(19-20-34(3,4)5)38-32(39)31(27-11-10-12-29(23-27)44(9,41)42)37-36(38)21-17-28(18-22-36)35(6,7)8/h10-16,23-24,28,30H,17-22H2,1-9H3/t28?,30-,36?/m1/s1. The number of nitrogens with zero attached hydrogens (tertiary/aromatic N) is 2. The van der Waals surface area contributed by atoms with E-state index in [1.807, 2.05) is 30.9 Å². The number of ether oxygens (including phenoxy) is 1. The number of esters is 1. The fourth-order valence-corrected chi connectivity index (χ4v) is 7.21. The average Bonchev–Trinajstić information content (AvgIpc) is 3.19. The minimum absolute atomic E-state index is 0.0343. The Kier molecular flexibility index (Phi) is 9.56. The van der Waals surface area contributed by atoms with Crippen LogP contribution in [0.25, 0.3) is 0 Å². The van der Waals surface area contributed by atoms with Crippen LogP contribution >= 0.6 is 0 Å². The molecular formula is C36H50N2O5S. The molecule has 240 valence electrons. The van der Waals surface area contributed by atoms with Crippen LogP contribution in [0.5, 0.6) is 0 Å². The topological polar surface area (TPSA) is 93.1 Å². The van der Waals surface area contributed by atoms with E-state index in [2.05, 4.69) is 41.5 Å². The predicted molar refractivity (Wildman–Crippen MR) is 176 cm³/mol. The number of sulfone groups is 1. The number of aliphatic imine (C=N–C) groups is 1. The Morgan fingerprint density at radius 1 is 1.02 bits per heavy atom. The summed E-state index contributed by atoms with van der Waals surface area (Å²) in [6, 6.07) is 13.8. The van der Waals surface area contributed by atoms with Crippen LogP contribution in [0, 0.1) is 16.7 Å². The molecule has 0 bridgehead atoms. The van der Waals surface area contributed by atoms with Gasteiger partial charge in [0.2, 0.25) is 0 Å². The van der Waals surface area contributed by atoms with Crippen LogP contribution in [-0.2, 0) is 19.4 Å². The van der Waals surface area contributed by atoms with Crippen LogP contribution in [0.3, 0.4) is 0 Å². The van der Waals surface area contributed by atoms with Gasteiger partial charge in [0.05, 0.1) is 22.6 Å². The first kappa shape index (κ1) is 33.9. The summed E-state index contributed by atoms with van der Waals surface area (Å²) in [6.45, 7) is 17.1. The maximum atomic E-state index is 14.6. The Hall–Kier alpha value is -3.00. The number of carbonyl (C=O) groups excluding carboxylic acids is 2. The molecule has 1 aliphatic heterocycles. The van der Waals surface area contributed by atoms with Crippen molar-refractivity contribution in [2.24, 2.45) is 21.7 Å². The lowest BCUT2D eigenvalue weighted by Crippen LogP contribution is -2.51. The third-order valence-electron chi connectivity index (χ3n) is 9.09. The van der Waals surface area contributed by atoms with E-state index >= 15 is 0 Å². The van der Waals surface area contributed by atoms with E-state index in [4.69, 9.17) is 9.73 Å². The zero-order valence-corrected chi connectivity index (χ0v) is 28.8. The van der Waals surface area contributed by atoms with Gasteiger partial charge in [-0.05, 0) is 98.9 Å². The van der Waals surface area contributed by atoms with Gasteiger partial charge in [-0.15, -0.1) is 0 Å². The molecule has 0 N–H and O–H groups in total. The first-order valence-electron chi connectivity index (χ1n) is 15.9. The quantitative estimate of drug-likeness (QED) is 0.280. The molecule has 7 nitrogen and oxygen atoms in total. The van der Waals surface area contributed by atoms with E-state index in [-0.39, 0.29) is 39.7 Å². The Balaban J connectivity index is 1.81. The fraction of sp³-hybridized carbons (Fsp3) is 0.583. The van der Waals surface area contributed by atoms with Crippen molar-refractivity contribution in [2.45, 2.75) is 117 Å². The van der Waals surface area contributed by atoms with Crippen LogP contribution in [-0.4, -0.2) is 48.9 Å². The van der Waals surface area contributed by atoms with Crippen molar-refractivity contribution in [3.63, 3.8) is 0 Å². The molecule has 44 heavy (non-hydrogen) atoms. The Bertz CT molecular complexity index is 1500. The molecule has 1 fully saturated rings. The zero-order valence-electron chi connectivity index (χ0n) is 27.9. The highest BCUT2D eigenvalue weighted by atomic mass is 32.2. The van der Waals surface area contributed by atoms with Gasteiger partial charge in [-0.1, -0.05) is 65.8 Å². The highest BCUT2D eigenvalue weighted by Crippen LogP contribution is 2.50. The summed E-state index contributed by atoms with van der Waals surface area (Å²) in [5.74, 6) is -0.0346. The maximum absolute atomic E-state index is 14.6. The predicted octanol–water partition coefficient (Wildman–Crippen LogP) is 7.79. The number of amides is 1. The lowest BCUT2D eigenvalue weighted by atomic mass is 9.69. The number of carbonyl (C=O) groups is 2. The van der Waals surface area contributed by atoms with Crippen molar-refractivity contribution in [1.29, 1.82) is 0 Å². The van der Waals surface area contributed by atoms with E-state index < -0.39 is 15.5 Å². The molecule has 0 radical (unpaired) electrons. The summed E-state index contributed by atoms with van der Waals surface area (Å²) in [4.78, 5) is 34.6. The SMILES string of the molecule is CC(C)OC(=O)c1ccc([C@@H](CCC(C)(C)C)N2C(=O)C(c3cccc(S(C)(=O)=O)c3)=NC23CCC(C(C)(C)C)CC3)cc1. The average molecular weight is 623 g/mol. The molecule has 2 aliphatic rings. The van der Waals surface area contributed by atoms with Crippen molar-refractivity contribution in [3.8, 4) is 0 Å². The largest absolute Gasteiger partial charge is 0.459 e. The van der Waals surface area contributed by atoms with Gasteiger partial charge in [0.1, 0.15) is 11.4 Å². The normalized spacial score (nSPS) is 22.0. The Morgan fingerprint density at radius 3 is 2.16 bits per heavy atom. The number of rotatable bonds is 8. The van der Waals surface area contributed by atoms with Gasteiger partial charge < -0.3 is 9.64 Å². The third kappa shape index (κ3) is 7.61. The van der Waals surface area contributed by atoms with E-state index in [0.717, 1.165) is 44.1 Å². The van der Waals surface area contributed by atoms with Crippen molar-refractivity contribution in [1.82, 2.24) is 4.90 Å². The van der Waals surface area contributed by atoms with Crippen molar-refractivity contribution >= 4 is 27.4 Å². The molecule has 2 aromatic carbocycles. The number of hydrogen-bond acceptors (Lipinski definition) is 6. The molecule has 0 unspecified atom stereocenters. The summed E-state index contributed by atoms with van der Waals surface area (Å²) in [5.41, 5.74) is 1.72. The van der Waals surface area contributed by atoms with Crippen LogP contribution in [0.15, 0.2) is 58.4 Å². The molecule has 2 aromatic rings. The molecule has 1 amide bonds. The van der Waals surface area contributed by atoms with E-state index in [9.17, 15) is 18.0 Å². The van der Waals surface area contributed by atoms with Crippen molar-refractivity contribution < 1.29 is 22.7 Å². The molecule has 1 heterocycles. The molecule has 1 spiro atoms. The van der Waals surface area contributed by atoms with E-state index in [0.29, 0.717) is 22.8 Å². The molecule has 0 saturated heterocycles. The van der Waals surface area contributed by atoms with Gasteiger partial charge in [-0.2, -0.15) is 0 Å². The summed E-state index contributed by atoms with van der Waals surface area (Å²) in [7, 11) is -3.46. The second-order valence-electron chi connectivity index (χ2n) is 15.2. The molecule has 1 aliphatic carbocycles.